The van der Waals surface area contributed by atoms with E-state index < -0.39 is 109 Å². The van der Waals surface area contributed by atoms with E-state index >= 15 is 0 Å². The molecule has 0 aliphatic carbocycles. The quantitative estimate of drug-likeness (QED) is 0.101. The first-order chi connectivity index (χ1) is 31.9. The molecule has 17 atom stereocenters. The van der Waals surface area contributed by atoms with Crippen LogP contribution in [-0.4, -0.2) is 167 Å². The highest BCUT2D eigenvalue weighted by Gasteiger charge is 2.48. The number of aliphatic hydroxyl groups is 4. The predicted octanol–water partition coefficient (Wildman–Crippen LogP) is 4.95. The van der Waals surface area contributed by atoms with E-state index in [0.717, 1.165) is 30.5 Å². The van der Waals surface area contributed by atoms with Crippen LogP contribution in [0.25, 0.3) is 0 Å². The lowest BCUT2D eigenvalue weighted by Crippen LogP contribution is -2.63. The minimum Gasteiger partial charge on any atom is -0.462 e. The SMILES string of the molecule is CCCCCCCCCc1cn(CC[C@H]2C[C@@H](C)C(=O)C=CC(C)=C[C@H](CO[C@@H]3OC(C)[C@@H](O)[C@H](OC)C3OC)[C@@H](CC)OC(=O)C[C@@H](O)[C@H](C)[C@H]2O[C@@H]2O[C@H](C)[C@@H](O)C(N(C)C)C2O)nn1. The molecule has 67 heavy (non-hydrogen) atoms. The molecule has 1 aromatic rings. The number of likely N-dealkylation sites (N-methyl/N-ethyl adjacent to an activating group) is 1. The number of aliphatic hydroxyl groups excluding tert-OH is 4. The maximum atomic E-state index is 14.0. The summed E-state index contributed by atoms with van der Waals surface area (Å²) < 4.78 is 44.4. The van der Waals surface area contributed by atoms with Crippen LogP contribution in [0.15, 0.2) is 30.0 Å². The number of unbranched alkanes of at least 4 members (excludes halogenated alkanes) is 6. The molecule has 4 N–H and O–H groups in total. The highest BCUT2D eigenvalue weighted by atomic mass is 16.7. The highest BCUT2D eigenvalue weighted by molar-refractivity contribution is 5.91. The van der Waals surface area contributed by atoms with Crippen molar-refractivity contribution in [3.05, 3.63) is 35.7 Å². The molecule has 2 saturated heterocycles. The molecule has 0 saturated carbocycles. The van der Waals surface area contributed by atoms with Crippen molar-refractivity contribution in [1.82, 2.24) is 19.9 Å². The largest absolute Gasteiger partial charge is 0.462 e. The zero-order chi connectivity index (χ0) is 49.4. The van der Waals surface area contributed by atoms with E-state index in [-0.39, 0.29) is 18.8 Å². The molecule has 4 heterocycles. The minimum absolute atomic E-state index is 0.0266. The Hall–Kier alpha value is -2.68. The summed E-state index contributed by atoms with van der Waals surface area (Å²) in [5, 5.41) is 54.3. The fourth-order valence-electron chi connectivity index (χ4n) is 9.81. The molecule has 0 bridgehead atoms. The van der Waals surface area contributed by atoms with Gasteiger partial charge in [0.15, 0.2) is 18.4 Å². The Bertz CT molecular complexity index is 1680. The number of allylic oxidation sites excluding steroid dienone is 3. The molecule has 3 aliphatic heterocycles. The Morgan fingerprint density at radius 2 is 1.49 bits per heavy atom. The summed E-state index contributed by atoms with van der Waals surface area (Å²) in [6.45, 7) is 13.5. The number of nitrogens with zero attached hydrogens (tertiary/aromatic N) is 4. The third kappa shape index (κ3) is 16.4. The lowest BCUT2D eigenvalue weighted by atomic mass is 9.79. The fraction of sp³-hybridized carbons (Fsp3) is 0.840. The number of ketones is 1. The number of ether oxygens (including phenoxy) is 7. The van der Waals surface area contributed by atoms with E-state index in [4.69, 9.17) is 33.2 Å². The highest BCUT2D eigenvalue weighted by Crippen LogP contribution is 2.35. The summed E-state index contributed by atoms with van der Waals surface area (Å²) in [4.78, 5) is 29.7. The number of hydrogen-bond donors (Lipinski definition) is 4. The number of carbonyl (C=O) groups excluding carboxylic acids is 2. The number of methoxy groups -OCH3 is 2. The first-order valence-corrected chi connectivity index (χ1v) is 24.9. The number of aryl methyl sites for hydroxylation is 2. The smallest absolute Gasteiger partial charge is 0.308 e. The van der Waals surface area contributed by atoms with Crippen LogP contribution in [0.2, 0.25) is 0 Å². The monoisotopic (exact) mass is 951 g/mol. The van der Waals surface area contributed by atoms with Crippen LogP contribution < -0.4 is 0 Å². The molecule has 17 heteroatoms. The Morgan fingerprint density at radius 3 is 2.15 bits per heavy atom. The molecule has 17 nitrogen and oxygen atoms in total. The Labute approximate surface area is 399 Å². The standard InChI is InChI=1S/C50H86N4O13/c1-12-14-15-16-17-18-19-20-37-28-54(52-51-37)24-23-35-26-31(4)38(55)22-21-30(3)25-36(29-63-50-48(62-11)47(61-10)44(59)34(7)65-50)40(13-2)66-41(57)27-39(56)32(5)46(35)67-49-45(60)42(53(8)9)43(58)33(6)64-49/h21-22,25,28,31-36,39-40,42-50,56,58-60H,12-20,23-24,26-27,29H2,1-11H3/t31-,32+,33-,34?,35+,36-,39-,40-,42?,43-,44-,45?,46-,47+,48?,49+,50-/m1/s1. The molecule has 2 fully saturated rings. The zero-order valence-corrected chi connectivity index (χ0v) is 42.3. The fourth-order valence-corrected chi connectivity index (χ4v) is 9.81. The van der Waals surface area contributed by atoms with Crippen LogP contribution in [-0.2, 0) is 55.7 Å². The van der Waals surface area contributed by atoms with Gasteiger partial charge < -0.3 is 58.5 Å². The number of carbonyl (C=O) groups is 2. The number of hydrogen-bond acceptors (Lipinski definition) is 16. The van der Waals surface area contributed by atoms with Gasteiger partial charge in [0.2, 0.25) is 0 Å². The molecule has 0 spiro atoms. The number of cyclic esters (lactones) is 1. The Balaban J connectivity index is 1.65. The van der Waals surface area contributed by atoms with Crippen LogP contribution in [0.3, 0.4) is 0 Å². The maximum absolute atomic E-state index is 14.0. The van der Waals surface area contributed by atoms with Gasteiger partial charge in [0.05, 0.1) is 55.3 Å². The molecule has 384 valence electrons. The van der Waals surface area contributed by atoms with E-state index in [2.05, 4.69) is 17.2 Å². The summed E-state index contributed by atoms with van der Waals surface area (Å²) >= 11 is 0. The van der Waals surface area contributed by atoms with Gasteiger partial charge in [-0.15, -0.1) is 5.10 Å². The van der Waals surface area contributed by atoms with Gasteiger partial charge in [0.25, 0.3) is 0 Å². The van der Waals surface area contributed by atoms with Crippen molar-refractivity contribution in [3.8, 4) is 0 Å². The summed E-state index contributed by atoms with van der Waals surface area (Å²) in [6, 6.07) is -0.718. The van der Waals surface area contributed by atoms with Gasteiger partial charge in [-0.2, -0.15) is 0 Å². The lowest BCUT2D eigenvalue weighted by Gasteiger charge is -2.46. The predicted molar refractivity (Wildman–Crippen MR) is 252 cm³/mol. The zero-order valence-electron chi connectivity index (χ0n) is 42.3. The number of aromatic nitrogens is 3. The molecule has 4 unspecified atom stereocenters. The van der Waals surface area contributed by atoms with Gasteiger partial charge >= 0.3 is 5.97 Å². The number of esters is 1. The van der Waals surface area contributed by atoms with Crippen molar-refractivity contribution in [1.29, 1.82) is 0 Å². The molecule has 0 amide bonds. The van der Waals surface area contributed by atoms with Gasteiger partial charge in [-0.1, -0.05) is 89.2 Å². The molecule has 0 radical (unpaired) electrons. The van der Waals surface area contributed by atoms with Crippen LogP contribution in [0, 0.1) is 23.7 Å². The topological polar surface area (TPSA) is 214 Å². The van der Waals surface area contributed by atoms with Crippen molar-refractivity contribution in [3.63, 3.8) is 0 Å². The second-order valence-electron chi connectivity index (χ2n) is 19.6. The normalized spacial score (nSPS) is 36.3. The van der Waals surface area contributed by atoms with Gasteiger partial charge in [0.1, 0.15) is 30.5 Å². The molecule has 1 aromatic heterocycles. The van der Waals surface area contributed by atoms with Crippen LogP contribution >= 0.6 is 0 Å². The summed E-state index contributed by atoms with van der Waals surface area (Å²) in [5.74, 6) is -2.90. The molecule has 4 rings (SSSR count). The first-order valence-electron chi connectivity index (χ1n) is 24.9. The summed E-state index contributed by atoms with van der Waals surface area (Å²) in [6.07, 6.45) is 6.30. The van der Waals surface area contributed by atoms with Crippen molar-refractivity contribution >= 4 is 11.8 Å². The molecular weight excluding hydrogens is 865 g/mol. The summed E-state index contributed by atoms with van der Waals surface area (Å²) in [7, 11) is 6.50. The van der Waals surface area contributed by atoms with Crippen molar-refractivity contribution in [2.45, 2.75) is 212 Å². The van der Waals surface area contributed by atoms with Crippen molar-refractivity contribution in [2.75, 3.05) is 34.9 Å². The molecule has 0 aromatic carbocycles. The minimum atomic E-state index is -1.27. The average Bonchev–Trinajstić information content (AvgIpc) is 3.75. The molecule has 3 aliphatic rings. The molecular formula is C50H86N4O13. The van der Waals surface area contributed by atoms with Gasteiger partial charge in [-0.25, -0.2) is 0 Å². The Morgan fingerprint density at radius 1 is 0.836 bits per heavy atom. The van der Waals surface area contributed by atoms with Crippen LogP contribution in [0.4, 0.5) is 0 Å². The second-order valence-corrected chi connectivity index (χ2v) is 19.6. The van der Waals surface area contributed by atoms with E-state index in [1.54, 1.807) is 56.6 Å². The van der Waals surface area contributed by atoms with E-state index in [0.29, 0.717) is 25.8 Å². The Kier molecular flexibility index (Phi) is 24.0. The summed E-state index contributed by atoms with van der Waals surface area (Å²) in [5.41, 5.74) is 1.65. The van der Waals surface area contributed by atoms with E-state index in [1.807, 2.05) is 33.0 Å². The van der Waals surface area contributed by atoms with Gasteiger partial charge in [0, 0.05) is 44.7 Å². The van der Waals surface area contributed by atoms with Crippen LogP contribution in [0.5, 0.6) is 0 Å². The third-order valence-electron chi connectivity index (χ3n) is 14.1. The third-order valence-corrected chi connectivity index (χ3v) is 14.1. The van der Waals surface area contributed by atoms with E-state index in [1.165, 1.54) is 46.3 Å². The van der Waals surface area contributed by atoms with Crippen molar-refractivity contribution in [2.24, 2.45) is 23.7 Å². The first kappa shape index (κ1) is 56.9. The maximum Gasteiger partial charge on any atom is 0.308 e. The van der Waals surface area contributed by atoms with Crippen molar-refractivity contribution < 1.29 is 63.2 Å². The average molecular weight is 951 g/mol. The van der Waals surface area contributed by atoms with Gasteiger partial charge in [-0.3, -0.25) is 14.3 Å². The van der Waals surface area contributed by atoms with E-state index in [9.17, 15) is 30.0 Å². The second kappa shape index (κ2) is 28.2. The van der Waals surface area contributed by atoms with Crippen LogP contribution in [0.1, 0.15) is 125 Å². The number of rotatable bonds is 20. The van der Waals surface area contributed by atoms with Gasteiger partial charge in [-0.05, 0) is 79.0 Å². The lowest BCUT2D eigenvalue weighted by molar-refractivity contribution is -0.304.